The first-order valence-corrected chi connectivity index (χ1v) is 13.2. The van der Waals surface area contributed by atoms with Gasteiger partial charge in [0.15, 0.2) is 5.82 Å². The number of rotatable bonds is 7. The van der Waals surface area contributed by atoms with E-state index in [4.69, 9.17) is 21.1 Å². The lowest BCUT2D eigenvalue weighted by atomic mass is 10.0. The van der Waals surface area contributed by atoms with Gasteiger partial charge in [-0.3, -0.25) is 9.36 Å². The molecule has 0 saturated heterocycles. The molecule has 9 nitrogen and oxygen atoms in total. The van der Waals surface area contributed by atoms with Gasteiger partial charge < -0.3 is 9.47 Å². The van der Waals surface area contributed by atoms with Crippen LogP contribution in [0.15, 0.2) is 88.8 Å². The largest absolute Gasteiger partial charge is 0.497 e. The number of benzene rings is 3. The van der Waals surface area contributed by atoms with Crippen molar-refractivity contribution in [3.8, 4) is 28.3 Å². The Bertz CT molecular complexity index is 1880. The molecule has 2 aromatic heterocycles. The van der Waals surface area contributed by atoms with Crippen molar-refractivity contribution in [3.63, 3.8) is 0 Å². The van der Waals surface area contributed by atoms with E-state index in [0.29, 0.717) is 33.1 Å². The zero-order valence-corrected chi connectivity index (χ0v) is 22.1. The fraction of sp³-hybridized carbons (Fsp3) is 0.0741. The summed E-state index contributed by atoms with van der Waals surface area (Å²) in [5.74, 6) is 0.0333. The molecule has 0 amide bonds. The van der Waals surface area contributed by atoms with E-state index >= 15 is 0 Å². The fourth-order valence-corrected chi connectivity index (χ4v) is 5.29. The molecule has 0 spiro atoms. The van der Waals surface area contributed by atoms with Crippen LogP contribution >= 0.6 is 11.6 Å². The molecule has 0 aliphatic heterocycles. The lowest BCUT2D eigenvalue weighted by Gasteiger charge is -2.16. The number of hydrogen-bond donors (Lipinski definition) is 1. The minimum absolute atomic E-state index is 0.0923. The van der Waals surface area contributed by atoms with Crippen LogP contribution in [0, 0.1) is 5.82 Å². The first-order chi connectivity index (χ1) is 18.7. The summed E-state index contributed by atoms with van der Waals surface area (Å²) in [6.07, 6.45) is 1.71. The number of nitrogens with zero attached hydrogens (tertiary/aromatic N) is 3. The fourth-order valence-electron chi connectivity index (χ4n) is 4.07. The second-order valence-electron chi connectivity index (χ2n) is 8.32. The molecule has 0 fully saturated rings. The number of hydrogen-bond acceptors (Lipinski definition) is 7. The zero-order valence-electron chi connectivity index (χ0n) is 20.6. The van der Waals surface area contributed by atoms with E-state index < -0.39 is 15.8 Å². The summed E-state index contributed by atoms with van der Waals surface area (Å²) in [5, 5.41) is 0.979. The predicted molar refractivity (Wildman–Crippen MR) is 146 cm³/mol. The molecule has 3 aromatic carbocycles. The van der Waals surface area contributed by atoms with E-state index in [2.05, 4.69) is 14.7 Å². The number of anilines is 1. The number of pyridine rings is 1. The van der Waals surface area contributed by atoms with E-state index in [9.17, 15) is 17.6 Å². The van der Waals surface area contributed by atoms with E-state index in [0.717, 1.165) is 23.5 Å². The highest BCUT2D eigenvalue weighted by Crippen LogP contribution is 2.34. The van der Waals surface area contributed by atoms with Gasteiger partial charge in [0.2, 0.25) is 5.95 Å². The van der Waals surface area contributed by atoms with Gasteiger partial charge >= 0.3 is 0 Å². The molecular formula is C27H20ClFN4O5S. The number of methoxy groups -OCH3 is 2. The van der Waals surface area contributed by atoms with Crippen LogP contribution in [0.25, 0.3) is 27.7 Å². The number of halogens is 2. The van der Waals surface area contributed by atoms with Crippen molar-refractivity contribution >= 4 is 38.5 Å². The molecule has 12 heteroatoms. The highest BCUT2D eigenvalue weighted by Gasteiger charge is 2.19. The van der Waals surface area contributed by atoms with Gasteiger partial charge in [-0.15, -0.1) is 0 Å². The minimum Gasteiger partial charge on any atom is -0.497 e. The van der Waals surface area contributed by atoms with Crippen LogP contribution in [0.3, 0.4) is 0 Å². The lowest BCUT2D eigenvalue weighted by molar-refractivity contribution is 0.413. The molecule has 0 atom stereocenters. The highest BCUT2D eigenvalue weighted by molar-refractivity contribution is 7.92. The Hall–Kier alpha value is -4.48. The summed E-state index contributed by atoms with van der Waals surface area (Å²) in [6.45, 7) is 0. The standard InChI is InChI=1S/C27H20ClFN4O5S/c1-37-21-10-18(9-19(28)13-21)16-3-6-24(25(12-16)38-2)33-23-7-5-22(11-17(23)4-8-26(33)34)39(35,36)32-27-30-14-20(29)15-31-27/h3-15H,1-2H3,(H,30,31,32). The number of ether oxygens (including phenoxy) is 2. The third-order valence-corrected chi connectivity index (χ3v) is 7.43. The quantitative estimate of drug-likeness (QED) is 0.293. The van der Waals surface area contributed by atoms with Crippen molar-refractivity contribution in [3.05, 3.63) is 100 Å². The SMILES string of the molecule is COc1cc(Cl)cc(-c2ccc(-n3c(=O)ccc4cc(S(=O)(=O)Nc5ncc(F)cn5)ccc43)c(OC)c2)c1. The van der Waals surface area contributed by atoms with Crippen LogP contribution in [0.2, 0.25) is 5.02 Å². The van der Waals surface area contributed by atoms with Crippen molar-refractivity contribution in [1.29, 1.82) is 0 Å². The third kappa shape index (κ3) is 5.27. The van der Waals surface area contributed by atoms with Gasteiger partial charge in [-0.1, -0.05) is 17.7 Å². The van der Waals surface area contributed by atoms with Gasteiger partial charge in [0.25, 0.3) is 15.6 Å². The first-order valence-electron chi connectivity index (χ1n) is 11.4. The van der Waals surface area contributed by atoms with Crippen LogP contribution < -0.4 is 19.8 Å². The van der Waals surface area contributed by atoms with Gasteiger partial charge in [0.1, 0.15) is 11.5 Å². The van der Waals surface area contributed by atoms with Crippen LogP contribution in [-0.4, -0.2) is 37.2 Å². The zero-order chi connectivity index (χ0) is 27.7. The second-order valence-corrected chi connectivity index (χ2v) is 10.4. The van der Waals surface area contributed by atoms with E-state index in [1.165, 1.54) is 42.0 Å². The molecule has 5 aromatic rings. The second kappa shape index (κ2) is 10.4. The maximum Gasteiger partial charge on any atom is 0.264 e. The number of aromatic nitrogens is 3. The Morgan fingerprint density at radius 1 is 0.897 bits per heavy atom. The topological polar surface area (TPSA) is 112 Å². The Kier molecular flexibility index (Phi) is 6.94. The number of nitrogens with one attached hydrogen (secondary N) is 1. The van der Waals surface area contributed by atoms with Crippen LogP contribution in [0.4, 0.5) is 10.3 Å². The molecule has 0 aliphatic carbocycles. The normalized spacial score (nSPS) is 11.4. The number of fused-ring (bicyclic) bond motifs is 1. The summed E-state index contributed by atoms with van der Waals surface area (Å²) in [7, 11) is -1.05. The molecule has 1 N–H and O–H groups in total. The first kappa shape index (κ1) is 26.1. The molecule has 0 radical (unpaired) electrons. The molecule has 0 aliphatic rings. The average Bonchev–Trinajstić information content (AvgIpc) is 2.93. The Balaban J connectivity index is 1.58. The van der Waals surface area contributed by atoms with Crippen molar-refractivity contribution in [2.24, 2.45) is 0 Å². The molecular weight excluding hydrogens is 547 g/mol. The van der Waals surface area contributed by atoms with E-state index in [-0.39, 0.29) is 16.4 Å². The Morgan fingerprint density at radius 3 is 2.38 bits per heavy atom. The molecule has 0 bridgehead atoms. The monoisotopic (exact) mass is 566 g/mol. The minimum atomic E-state index is -4.09. The van der Waals surface area contributed by atoms with Gasteiger partial charge in [-0.25, -0.2) is 27.5 Å². The third-order valence-electron chi connectivity index (χ3n) is 5.88. The Morgan fingerprint density at radius 2 is 1.67 bits per heavy atom. The van der Waals surface area contributed by atoms with Crippen LogP contribution in [0.5, 0.6) is 11.5 Å². The van der Waals surface area contributed by atoms with Gasteiger partial charge in [0, 0.05) is 16.5 Å². The van der Waals surface area contributed by atoms with E-state index in [1.807, 2.05) is 12.1 Å². The van der Waals surface area contributed by atoms with Crippen LogP contribution in [0.1, 0.15) is 0 Å². The highest BCUT2D eigenvalue weighted by atomic mass is 35.5. The molecule has 39 heavy (non-hydrogen) atoms. The van der Waals surface area contributed by atoms with Crippen molar-refractivity contribution in [2.75, 3.05) is 18.9 Å². The smallest absolute Gasteiger partial charge is 0.264 e. The average molecular weight is 567 g/mol. The summed E-state index contributed by atoms with van der Waals surface area (Å²) < 4.78 is 53.5. The molecule has 198 valence electrons. The van der Waals surface area contributed by atoms with Crippen LogP contribution in [-0.2, 0) is 10.0 Å². The van der Waals surface area contributed by atoms with Crippen molar-refractivity contribution < 1.29 is 22.3 Å². The lowest BCUT2D eigenvalue weighted by Crippen LogP contribution is -2.19. The summed E-state index contributed by atoms with van der Waals surface area (Å²) in [6, 6.07) is 17.8. The molecule has 5 rings (SSSR count). The number of sulfonamides is 1. The summed E-state index contributed by atoms with van der Waals surface area (Å²) in [4.78, 5) is 20.2. The van der Waals surface area contributed by atoms with Gasteiger partial charge in [-0.05, 0) is 65.7 Å². The maximum absolute atomic E-state index is 13.1. The maximum atomic E-state index is 13.1. The van der Waals surface area contributed by atoms with Gasteiger partial charge in [0.05, 0.1) is 42.7 Å². The molecule has 2 heterocycles. The van der Waals surface area contributed by atoms with Crippen molar-refractivity contribution in [2.45, 2.75) is 4.90 Å². The van der Waals surface area contributed by atoms with Crippen molar-refractivity contribution in [1.82, 2.24) is 14.5 Å². The molecule has 0 saturated carbocycles. The summed E-state index contributed by atoms with van der Waals surface area (Å²) >= 11 is 6.24. The predicted octanol–water partition coefficient (Wildman–Crippen LogP) is 5.06. The molecule has 0 unspecified atom stereocenters. The van der Waals surface area contributed by atoms with Gasteiger partial charge in [-0.2, -0.15) is 0 Å². The van der Waals surface area contributed by atoms with E-state index in [1.54, 1.807) is 31.4 Å². The summed E-state index contributed by atoms with van der Waals surface area (Å²) in [5.41, 5.74) is 2.15. The Labute approximate surface area is 227 Å².